The first kappa shape index (κ1) is 21.4. The number of likely N-dealkylation sites (tertiary alicyclic amines) is 2. The topological polar surface area (TPSA) is 89.2 Å². The Labute approximate surface area is 193 Å². The molecule has 2 atom stereocenters. The largest absolute Gasteiger partial charge is 0.338 e. The zero-order valence-electron chi connectivity index (χ0n) is 19.3. The predicted molar refractivity (Wildman–Crippen MR) is 121 cm³/mol. The Morgan fingerprint density at radius 3 is 2.82 bits per heavy atom. The van der Waals surface area contributed by atoms with Crippen LogP contribution in [0.4, 0.5) is 0 Å². The van der Waals surface area contributed by atoms with Crippen LogP contribution in [0.25, 0.3) is 0 Å². The van der Waals surface area contributed by atoms with Gasteiger partial charge in [0.1, 0.15) is 5.69 Å². The van der Waals surface area contributed by atoms with Gasteiger partial charge in [-0.2, -0.15) is 5.10 Å². The summed E-state index contributed by atoms with van der Waals surface area (Å²) in [5.41, 5.74) is 1.60. The maximum absolute atomic E-state index is 13.9. The van der Waals surface area contributed by atoms with Crippen LogP contribution in [0.2, 0.25) is 0 Å². The second kappa shape index (κ2) is 8.13. The first-order chi connectivity index (χ1) is 15.9. The molecule has 9 heteroatoms. The van der Waals surface area contributed by atoms with E-state index in [0.29, 0.717) is 38.3 Å². The maximum Gasteiger partial charge on any atom is 0.274 e. The molecule has 0 radical (unpaired) electrons. The Morgan fingerprint density at radius 1 is 1.30 bits per heavy atom. The van der Waals surface area contributed by atoms with Crippen LogP contribution in [0.1, 0.15) is 54.0 Å². The molecule has 2 aliphatic heterocycles. The van der Waals surface area contributed by atoms with Gasteiger partial charge in [-0.25, -0.2) is 4.98 Å². The third-order valence-electron chi connectivity index (χ3n) is 6.97. The number of carbonyl (C=O) groups is 2. The monoisotopic (exact) mass is 447 g/mol. The number of hydrogen-bond acceptors (Lipinski definition) is 5. The van der Waals surface area contributed by atoms with Crippen molar-refractivity contribution in [2.24, 2.45) is 12.5 Å². The van der Waals surface area contributed by atoms with Gasteiger partial charge in [0.25, 0.3) is 5.91 Å². The highest BCUT2D eigenvalue weighted by Crippen LogP contribution is 2.50. The Kier molecular flexibility index (Phi) is 5.26. The number of aromatic nitrogens is 5. The maximum atomic E-state index is 13.9. The van der Waals surface area contributed by atoms with Gasteiger partial charge in [-0.15, -0.1) is 0 Å². The number of aryl methyl sites for hydroxylation is 1. The van der Waals surface area contributed by atoms with Gasteiger partial charge in [-0.05, 0) is 38.0 Å². The fourth-order valence-electron chi connectivity index (χ4n) is 5.14. The standard InChI is InChI=1S/C24H29N7O2/c1-17(2)31-14-21(26-16-31)19-13-30(22(32)20-6-9-28(3)27-20)15-24(19)7-10-29(23(24)33)12-18-5-4-8-25-11-18/h4-6,8-9,11,14,16-17,19H,7,10,12-13,15H2,1-3H3/t19-,24-/m1/s1. The predicted octanol–water partition coefficient (Wildman–Crippen LogP) is 2.25. The van der Waals surface area contributed by atoms with Gasteiger partial charge in [0.05, 0.1) is 17.4 Å². The zero-order chi connectivity index (χ0) is 23.2. The first-order valence-electron chi connectivity index (χ1n) is 11.4. The smallest absolute Gasteiger partial charge is 0.274 e. The molecule has 2 fully saturated rings. The number of pyridine rings is 1. The summed E-state index contributed by atoms with van der Waals surface area (Å²) in [7, 11) is 1.79. The van der Waals surface area contributed by atoms with E-state index < -0.39 is 5.41 Å². The fourth-order valence-corrected chi connectivity index (χ4v) is 5.14. The van der Waals surface area contributed by atoms with Crippen molar-refractivity contribution in [1.29, 1.82) is 0 Å². The lowest BCUT2D eigenvalue weighted by molar-refractivity contribution is -0.136. The average Bonchev–Trinajstić information content (AvgIpc) is 3.58. The number of amides is 2. The van der Waals surface area contributed by atoms with Crippen molar-refractivity contribution in [3.05, 3.63) is 66.3 Å². The third-order valence-corrected chi connectivity index (χ3v) is 6.97. The Bertz CT molecular complexity index is 1170. The molecule has 5 heterocycles. The first-order valence-corrected chi connectivity index (χ1v) is 11.4. The Hall–Kier alpha value is -3.49. The lowest BCUT2D eigenvalue weighted by Crippen LogP contribution is -2.40. The van der Waals surface area contributed by atoms with Crippen molar-refractivity contribution in [2.45, 2.75) is 38.8 Å². The summed E-state index contributed by atoms with van der Waals surface area (Å²) in [5, 5.41) is 4.29. The summed E-state index contributed by atoms with van der Waals surface area (Å²) in [4.78, 5) is 39.7. The van der Waals surface area contributed by atoms with Crippen molar-refractivity contribution >= 4 is 11.8 Å². The number of nitrogens with zero attached hydrogens (tertiary/aromatic N) is 7. The second-order valence-corrected chi connectivity index (χ2v) is 9.45. The number of carbonyl (C=O) groups excluding carboxylic acids is 2. The molecule has 33 heavy (non-hydrogen) atoms. The molecule has 2 aliphatic rings. The highest BCUT2D eigenvalue weighted by atomic mass is 16.2. The van der Waals surface area contributed by atoms with E-state index >= 15 is 0 Å². The van der Waals surface area contributed by atoms with Crippen LogP contribution in [0, 0.1) is 5.41 Å². The van der Waals surface area contributed by atoms with E-state index in [1.165, 1.54) is 0 Å². The molecule has 2 amide bonds. The summed E-state index contributed by atoms with van der Waals surface area (Å²) in [6, 6.07) is 5.87. The van der Waals surface area contributed by atoms with E-state index in [1.807, 2.05) is 29.6 Å². The van der Waals surface area contributed by atoms with Crippen molar-refractivity contribution in [3.8, 4) is 0 Å². The van der Waals surface area contributed by atoms with Gasteiger partial charge in [0, 0.05) is 70.0 Å². The Balaban J connectivity index is 1.47. The Morgan fingerprint density at radius 2 is 2.15 bits per heavy atom. The minimum Gasteiger partial charge on any atom is -0.338 e. The van der Waals surface area contributed by atoms with Gasteiger partial charge in [0.15, 0.2) is 0 Å². The molecule has 0 saturated carbocycles. The highest BCUT2D eigenvalue weighted by Gasteiger charge is 2.58. The second-order valence-electron chi connectivity index (χ2n) is 9.45. The van der Waals surface area contributed by atoms with E-state index in [4.69, 9.17) is 0 Å². The van der Waals surface area contributed by atoms with Crippen LogP contribution < -0.4 is 0 Å². The fraction of sp³-hybridized carbons (Fsp3) is 0.458. The van der Waals surface area contributed by atoms with Crippen LogP contribution in [-0.2, 0) is 18.4 Å². The summed E-state index contributed by atoms with van der Waals surface area (Å²) >= 11 is 0. The van der Waals surface area contributed by atoms with Crippen LogP contribution in [0.15, 0.2) is 49.3 Å². The molecule has 0 bridgehead atoms. The molecule has 0 aliphatic carbocycles. The van der Waals surface area contributed by atoms with Crippen molar-refractivity contribution in [3.63, 3.8) is 0 Å². The van der Waals surface area contributed by atoms with Crippen LogP contribution in [0.3, 0.4) is 0 Å². The third kappa shape index (κ3) is 3.71. The molecule has 5 rings (SSSR count). The molecular formula is C24H29N7O2. The van der Waals surface area contributed by atoms with E-state index in [1.54, 1.807) is 41.3 Å². The van der Waals surface area contributed by atoms with Crippen LogP contribution in [-0.4, -0.2) is 65.6 Å². The molecular weight excluding hydrogens is 418 g/mol. The van der Waals surface area contributed by atoms with Crippen molar-refractivity contribution < 1.29 is 9.59 Å². The van der Waals surface area contributed by atoms with Gasteiger partial charge in [0.2, 0.25) is 5.91 Å². The van der Waals surface area contributed by atoms with Crippen LogP contribution in [0.5, 0.6) is 0 Å². The zero-order valence-corrected chi connectivity index (χ0v) is 19.3. The summed E-state index contributed by atoms with van der Waals surface area (Å²) in [6.07, 6.45) is 9.84. The van der Waals surface area contributed by atoms with E-state index in [-0.39, 0.29) is 23.8 Å². The molecule has 3 aromatic heterocycles. The van der Waals surface area contributed by atoms with Gasteiger partial charge < -0.3 is 14.4 Å². The molecule has 0 N–H and O–H groups in total. The summed E-state index contributed by atoms with van der Waals surface area (Å²) < 4.78 is 3.68. The minimum atomic E-state index is -0.678. The lowest BCUT2D eigenvalue weighted by Gasteiger charge is -2.27. The molecule has 3 aromatic rings. The van der Waals surface area contributed by atoms with Crippen molar-refractivity contribution in [2.75, 3.05) is 19.6 Å². The molecule has 2 saturated heterocycles. The molecule has 0 unspecified atom stereocenters. The SMILES string of the molecule is CC(C)n1cnc([C@H]2CN(C(=O)c3ccn(C)n3)C[C@]23CCN(Cc2cccnc2)C3=O)c1. The highest BCUT2D eigenvalue weighted by molar-refractivity contribution is 5.94. The molecule has 0 aromatic carbocycles. The molecule has 172 valence electrons. The summed E-state index contributed by atoms with van der Waals surface area (Å²) in [6.45, 7) is 6.21. The summed E-state index contributed by atoms with van der Waals surface area (Å²) in [5.74, 6) is -0.206. The van der Waals surface area contributed by atoms with Crippen LogP contribution >= 0.6 is 0 Å². The quantitative estimate of drug-likeness (QED) is 0.599. The van der Waals surface area contributed by atoms with Gasteiger partial charge >= 0.3 is 0 Å². The van der Waals surface area contributed by atoms with E-state index in [0.717, 1.165) is 11.3 Å². The van der Waals surface area contributed by atoms with E-state index in [2.05, 4.69) is 33.5 Å². The van der Waals surface area contributed by atoms with Gasteiger partial charge in [-0.1, -0.05) is 6.07 Å². The van der Waals surface area contributed by atoms with E-state index in [9.17, 15) is 9.59 Å². The number of rotatable bonds is 5. The lowest BCUT2D eigenvalue weighted by atomic mass is 9.75. The molecule has 9 nitrogen and oxygen atoms in total. The minimum absolute atomic E-state index is 0.0896. The number of hydrogen-bond donors (Lipinski definition) is 0. The number of imidazole rings is 1. The van der Waals surface area contributed by atoms with Crippen molar-refractivity contribution in [1.82, 2.24) is 34.1 Å². The van der Waals surface area contributed by atoms with Gasteiger partial charge in [-0.3, -0.25) is 19.3 Å². The molecule has 1 spiro atoms. The average molecular weight is 448 g/mol. The normalized spacial score (nSPS) is 22.8.